The summed E-state index contributed by atoms with van der Waals surface area (Å²) in [7, 11) is 0. The van der Waals surface area contributed by atoms with E-state index >= 15 is 0 Å². The average Bonchev–Trinajstić information content (AvgIpc) is 2.75. The van der Waals surface area contributed by atoms with E-state index in [0.29, 0.717) is 11.6 Å². The summed E-state index contributed by atoms with van der Waals surface area (Å²) in [4.78, 5) is 30.2. The number of ketones is 1. The second-order valence-electron chi connectivity index (χ2n) is 8.79. The highest BCUT2D eigenvalue weighted by Crippen LogP contribution is 2.59. The van der Waals surface area contributed by atoms with Crippen molar-refractivity contribution in [3.63, 3.8) is 0 Å². The lowest BCUT2D eigenvalue weighted by molar-refractivity contribution is -0.118. The first kappa shape index (κ1) is 17.3. The third-order valence-corrected chi connectivity index (χ3v) is 6.23. The molecule has 130 valence electrons. The molecule has 2 aliphatic carbocycles. The minimum Gasteiger partial charge on any atom is -0.302 e. The molecule has 1 aromatic heterocycles. The van der Waals surface area contributed by atoms with Gasteiger partial charge < -0.3 is 5.32 Å². The van der Waals surface area contributed by atoms with Gasteiger partial charge in [-0.3, -0.25) is 9.59 Å². The second kappa shape index (κ2) is 5.51. The summed E-state index contributed by atoms with van der Waals surface area (Å²) in [5.41, 5.74) is 2.01. The van der Waals surface area contributed by atoms with Crippen LogP contribution in [0.5, 0.6) is 0 Å². The van der Waals surface area contributed by atoms with E-state index in [9.17, 15) is 9.59 Å². The Kier molecular flexibility index (Phi) is 3.98. The number of rotatable bonds is 3. The Morgan fingerprint density at radius 1 is 1.25 bits per heavy atom. The van der Waals surface area contributed by atoms with Crippen LogP contribution in [0.2, 0.25) is 0 Å². The number of hydrogen-bond acceptors (Lipinski definition) is 4. The number of amides is 1. The summed E-state index contributed by atoms with van der Waals surface area (Å²) in [5.74, 6) is 0.409. The Morgan fingerprint density at radius 2 is 1.92 bits per heavy atom. The van der Waals surface area contributed by atoms with Crippen LogP contribution >= 0.6 is 11.3 Å². The van der Waals surface area contributed by atoms with Crippen LogP contribution in [0.3, 0.4) is 0 Å². The number of fused-ring (bicyclic) bond motifs is 1. The maximum atomic E-state index is 12.6. The van der Waals surface area contributed by atoms with Crippen LogP contribution in [0.1, 0.15) is 63.3 Å². The first-order chi connectivity index (χ1) is 11.0. The van der Waals surface area contributed by atoms with Gasteiger partial charge in [-0.2, -0.15) is 0 Å². The number of nitrogens with one attached hydrogen (secondary N) is 1. The fourth-order valence-corrected chi connectivity index (χ4v) is 4.73. The topological polar surface area (TPSA) is 59.1 Å². The monoisotopic (exact) mass is 346 g/mol. The molecule has 0 aromatic carbocycles. The van der Waals surface area contributed by atoms with Crippen molar-refractivity contribution >= 4 is 28.2 Å². The van der Waals surface area contributed by atoms with Crippen molar-refractivity contribution in [2.45, 2.75) is 54.4 Å². The number of thiazole rings is 1. The third kappa shape index (κ3) is 3.06. The average molecular weight is 346 g/mol. The summed E-state index contributed by atoms with van der Waals surface area (Å²) < 4.78 is 0. The molecule has 0 saturated heterocycles. The largest absolute Gasteiger partial charge is 0.302 e. The van der Waals surface area contributed by atoms with Gasteiger partial charge >= 0.3 is 0 Å². The van der Waals surface area contributed by atoms with E-state index in [2.05, 4.69) is 57.9 Å². The smallest absolute Gasteiger partial charge is 0.230 e. The molecule has 2 aliphatic rings. The predicted octanol–water partition coefficient (Wildman–Crippen LogP) is 4.48. The molecule has 1 N–H and O–H groups in total. The number of Topliss-reactive ketones (excluding diaryl/α,β-unsaturated/α-hetero) is 1. The van der Waals surface area contributed by atoms with Crippen LogP contribution in [-0.4, -0.2) is 16.7 Å². The number of allylic oxidation sites excluding steroid dienone is 2. The van der Waals surface area contributed by atoms with Gasteiger partial charge in [-0.25, -0.2) is 4.98 Å². The van der Waals surface area contributed by atoms with E-state index in [1.807, 2.05) is 0 Å². The Balaban J connectivity index is 1.76. The van der Waals surface area contributed by atoms with Gasteiger partial charge in [0.15, 0.2) is 10.9 Å². The van der Waals surface area contributed by atoms with Crippen molar-refractivity contribution < 1.29 is 9.59 Å². The quantitative estimate of drug-likeness (QED) is 0.821. The van der Waals surface area contributed by atoms with Crippen molar-refractivity contribution in [2.24, 2.45) is 22.7 Å². The molecule has 1 saturated carbocycles. The zero-order valence-corrected chi connectivity index (χ0v) is 16.1. The lowest BCUT2D eigenvalue weighted by atomic mass is 9.78. The van der Waals surface area contributed by atoms with Crippen LogP contribution in [0.4, 0.5) is 5.13 Å². The highest BCUT2D eigenvalue weighted by molar-refractivity contribution is 7.17. The Bertz CT molecular complexity index is 739. The molecule has 0 bridgehead atoms. The number of anilines is 1. The molecule has 0 aliphatic heterocycles. The summed E-state index contributed by atoms with van der Waals surface area (Å²) in [6.07, 6.45) is 3.52. The second-order valence-corrected chi connectivity index (χ2v) is 9.79. The molecule has 0 spiro atoms. The minimum atomic E-state index is -0.0491. The number of aromatic nitrogens is 1. The standard InChI is InChI=1S/C19H26N2O2S/c1-10(2)7-11-14(19(11,5)6)16(23)21-17-20-12-8-18(3,4)9-13(22)15(12)24-17/h7,11,14H,8-9H2,1-6H3,(H,20,21,23). The molecule has 1 fully saturated rings. The predicted molar refractivity (Wildman–Crippen MR) is 97.4 cm³/mol. The van der Waals surface area contributed by atoms with E-state index in [1.54, 1.807) is 0 Å². The zero-order chi connectivity index (χ0) is 17.9. The summed E-state index contributed by atoms with van der Waals surface area (Å²) >= 11 is 1.32. The third-order valence-electron chi connectivity index (χ3n) is 5.17. The molecular weight excluding hydrogens is 320 g/mol. The fraction of sp³-hybridized carbons (Fsp3) is 0.632. The minimum absolute atomic E-state index is 0.0142. The van der Waals surface area contributed by atoms with E-state index in [-0.39, 0.29) is 34.4 Å². The number of hydrogen-bond donors (Lipinski definition) is 1. The molecule has 24 heavy (non-hydrogen) atoms. The maximum absolute atomic E-state index is 12.6. The molecule has 1 aromatic rings. The van der Waals surface area contributed by atoms with Crippen molar-refractivity contribution in [3.05, 3.63) is 22.2 Å². The zero-order valence-electron chi connectivity index (χ0n) is 15.3. The summed E-state index contributed by atoms with van der Waals surface area (Å²) in [5, 5.41) is 3.52. The molecule has 0 radical (unpaired) electrons. The molecular formula is C19H26N2O2S. The Morgan fingerprint density at radius 3 is 2.54 bits per heavy atom. The summed E-state index contributed by atoms with van der Waals surface area (Å²) in [6.45, 7) is 12.5. The first-order valence-electron chi connectivity index (χ1n) is 8.50. The highest BCUT2D eigenvalue weighted by Gasteiger charge is 2.60. The van der Waals surface area contributed by atoms with Crippen LogP contribution in [-0.2, 0) is 11.2 Å². The highest BCUT2D eigenvalue weighted by atomic mass is 32.1. The van der Waals surface area contributed by atoms with E-state index in [0.717, 1.165) is 17.0 Å². The van der Waals surface area contributed by atoms with E-state index < -0.39 is 0 Å². The Hall–Kier alpha value is -1.49. The van der Waals surface area contributed by atoms with Crippen LogP contribution in [0, 0.1) is 22.7 Å². The Labute approximate surface area is 147 Å². The molecule has 2 atom stereocenters. The van der Waals surface area contributed by atoms with Crippen molar-refractivity contribution in [2.75, 3.05) is 5.32 Å². The fourth-order valence-electron chi connectivity index (χ4n) is 3.81. The normalized spacial score (nSPS) is 26.5. The van der Waals surface area contributed by atoms with Gasteiger partial charge in [-0.05, 0) is 37.0 Å². The van der Waals surface area contributed by atoms with Crippen molar-refractivity contribution in [1.29, 1.82) is 0 Å². The summed E-state index contributed by atoms with van der Waals surface area (Å²) in [6, 6.07) is 0. The lowest BCUT2D eigenvalue weighted by Crippen LogP contribution is -2.26. The van der Waals surface area contributed by atoms with Crippen LogP contribution < -0.4 is 5.32 Å². The van der Waals surface area contributed by atoms with Gasteiger partial charge in [-0.15, -0.1) is 0 Å². The lowest BCUT2D eigenvalue weighted by Gasteiger charge is -2.26. The number of carbonyl (C=O) groups is 2. The van der Waals surface area contributed by atoms with Crippen molar-refractivity contribution in [3.8, 4) is 0 Å². The van der Waals surface area contributed by atoms with Gasteiger partial charge in [0, 0.05) is 6.42 Å². The van der Waals surface area contributed by atoms with E-state index in [1.165, 1.54) is 16.9 Å². The van der Waals surface area contributed by atoms with Gasteiger partial charge in [0.1, 0.15) is 0 Å². The number of nitrogens with zero attached hydrogens (tertiary/aromatic N) is 1. The molecule has 2 unspecified atom stereocenters. The van der Waals surface area contributed by atoms with Gasteiger partial charge in [0.05, 0.1) is 16.5 Å². The van der Waals surface area contributed by atoms with Crippen molar-refractivity contribution in [1.82, 2.24) is 4.98 Å². The first-order valence-corrected chi connectivity index (χ1v) is 9.32. The SMILES string of the molecule is CC(C)=CC1C(C(=O)Nc2nc3c(s2)C(=O)CC(C)(C)C3)C1(C)C. The van der Waals surface area contributed by atoms with Gasteiger partial charge in [0.2, 0.25) is 5.91 Å². The maximum Gasteiger partial charge on any atom is 0.230 e. The van der Waals surface area contributed by atoms with Crippen LogP contribution in [0.15, 0.2) is 11.6 Å². The van der Waals surface area contributed by atoms with Gasteiger partial charge in [-0.1, -0.05) is 50.7 Å². The molecule has 3 rings (SSSR count). The van der Waals surface area contributed by atoms with Gasteiger partial charge in [0.25, 0.3) is 0 Å². The van der Waals surface area contributed by atoms with E-state index in [4.69, 9.17) is 0 Å². The number of carbonyl (C=O) groups excluding carboxylic acids is 2. The molecule has 4 nitrogen and oxygen atoms in total. The molecule has 1 amide bonds. The van der Waals surface area contributed by atoms with Crippen LogP contribution in [0.25, 0.3) is 0 Å². The molecule has 1 heterocycles. The molecule has 5 heteroatoms.